The largest absolute Gasteiger partial charge is 0.503 e. The van der Waals surface area contributed by atoms with Crippen LogP contribution in [0.25, 0.3) is 28.1 Å². The number of amides is 1. The quantitative estimate of drug-likeness (QED) is 0.221. The van der Waals surface area contributed by atoms with E-state index in [4.69, 9.17) is 11.6 Å². The minimum atomic E-state index is -4.76. The molecule has 1 aliphatic heterocycles. The summed E-state index contributed by atoms with van der Waals surface area (Å²) in [7, 11) is 1.79. The number of rotatable bonds is 7. The smallest absolute Gasteiger partial charge is 0.416 e. The van der Waals surface area contributed by atoms with Crippen molar-refractivity contribution in [1.82, 2.24) is 33.9 Å². The Morgan fingerprint density at radius 2 is 1.78 bits per heavy atom. The summed E-state index contributed by atoms with van der Waals surface area (Å²) in [6.45, 7) is 2.70. The molecule has 0 atom stereocenters. The fourth-order valence-corrected chi connectivity index (χ4v) is 6.40. The van der Waals surface area contributed by atoms with Gasteiger partial charge in [-0.3, -0.25) is 14.3 Å². The predicted molar refractivity (Wildman–Crippen MR) is 182 cm³/mol. The number of hydrogen-bond acceptors (Lipinski definition) is 9. The molecular formula is C33H29ClF4N10O3. The van der Waals surface area contributed by atoms with Crippen molar-refractivity contribution in [1.29, 1.82) is 0 Å². The molecule has 0 bridgehead atoms. The third-order valence-electron chi connectivity index (χ3n) is 8.66. The number of aryl methyl sites for hydroxylation is 1. The Morgan fingerprint density at radius 1 is 1.04 bits per heavy atom. The molecule has 0 saturated carbocycles. The van der Waals surface area contributed by atoms with E-state index in [9.17, 15) is 32.3 Å². The molecule has 2 aromatic carbocycles. The highest BCUT2D eigenvalue weighted by molar-refractivity contribution is 6.32. The van der Waals surface area contributed by atoms with Crippen LogP contribution in [0.4, 0.5) is 34.8 Å². The Kier molecular flexibility index (Phi) is 8.53. The molecular weight excluding hydrogens is 696 g/mol. The monoisotopic (exact) mass is 724 g/mol. The van der Waals surface area contributed by atoms with Gasteiger partial charge in [-0.2, -0.15) is 27.8 Å². The molecule has 6 aromatic rings. The first-order valence-electron chi connectivity index (χ1n) is 15.8. The molecule has 1 aliphatic rings. The van der Waals surface area contributed by atoms with E-state index in [-0.39, 0.29) is 34.5 Å². The van der Waals surface area contributed by atoms with Gasteiger partial charge < -0.3 is 24.8 Å². The molecule has 2 N–H and O–H groups in total. The van der Waals surface area contributed by atoms with Crippen LogP contribution in [0.3, 0.4) is 0 Å². The zero-order chi connectivity index (χ0) is 36.2. The third kappa shape index (κ3) is 6.28. The van der Waals surface area contributed by atoms with E-state index >= 15 is 0 Å². The predicted octanol–water partition coefficient (Wildman–Crippen LogP) is 4.88. The lowest BCUT2D eigenvalue weighted by Gasteiger charge is -2.37. The second kappa shape index (κ2) is 12.9. The lowest BCUT2D eigenvalue weighted by Crippen LogP contribution is -2.49. The highest BCUT2D eigenvalue weighted by Crippen LogP contribution is 2.34. The minimum absolute atomic E-state index is 0.0385. The minimum Gasteiger partial charge on any atom is -0.503 e. The van der Waals surface area contributed by atoms with E-state index in [1.807, 2.05) is 22.1 Å². The molecule has 0 aliphatic carbocycles. The SMILES string of the molecule is CCc1c(N2CCN(c3nccc(Cl)c3O)CC2)c(=O)n2nc(-c3ccc4nn(C)cc4c3)nc2n1CC(=O)Nc1ccc(C(F)(F)F)cc1F. The van der Waals surface area contributed by atoms with Gasteiger partial charge in [0.25, 0.3) is 5.56 Å². The van der Waals surface area contributed by atoms with Crippen molar-refractivity contribution in [3.05, 3.63) is 87.3 Å². The van der Waals surface area contributed by atoms with Gasteiger partial charge in [-0.1, -0.05) is 18.5 Å². The number of alkyl halides is 3. The van der Waals surface area contributed by atoms with Crippen molar-refractivity contribution in [3.63, 3.8) is 0 Å². The van der Waals surface area contributed by atoms with Crippen molar-refractivity contribution in [3.8, 4) is 17.1 Å². The summed E-state index contributed by atoms with van der Waals surface area (Å²) in [6, 6.07) is 8.69. The second-order valence-corrected chi connectivity index (χ2v) is 12.4. The summed E-state index contributed by atoms with van der Waals surface area (Å²) in [6.07, 6.45) is -1.18. The van der Waals surface area contributed by atoms with Gasteiger partial charge in [-0.25, -0.2) is 9.37 Å². The standard InChI is InChI=1S/C33H29ClF4N10O3/c1-3-25-27(45-10-12-46(13-11-45)30-28(50)21(34)8-9-39-30)31(51)48-32(41-29(43-48)18-4-6-23-19(14-18)16-44(2)42-23)47(25)17-26(49)40-24-7-5-20(15-22(24)35)33(36,37)38/h4-9,14-16,50H,3,10-13,17H2,1-2H3,(H,40,49). The summed E-state index contributed by atoms with van der Waals surface area (Å²) < 4.78 is 58.4. The van der Waals surface area contributed by atoms with Crippen LogP contribution in [-0.2, 0) is 31.0 Å². The number of nitrogens with one attached hydrogen (secondary N) is 1. The maximum Gasteiger partial charge on any atom is 0.416 e. The lowest BCUT2D eigenvalue weighted by atomic mass is 10.1. The number of halogens is 5. The Bertz CT molecular complexity index is 2380. The molecule has 0 unspecified atom stereocenters. The molecule has 1 amide bonds. The summed E-state index contributed by atoms with van der Waals surface area (Å²) >= 11 is 6.10. The van der Waals surface area contributed by atoms with Crippen LogP contribution in [0.15, 0.2) is 59.7 Å². The molecule has 5 heterocycles. The highest BCUT2D eigenvalue weighted by atomic mass is 35.5. The number of aromatic hydroxyl groups is 1. The van der Waals surface area contributed by atoms with E-state index < -0.39 is 41.3 Å². The average Bonchev–Trinajstić information content (AvgIpc) is 3.71. The molecule has 4 aromatic heterocycles. The molecule has 18 heteroatoms. The van der Waals surface area contributed by atoms with Crippen LogP contribution in [-0.4, -0.2) is 71.1 Å². The van der Waals surface area contributed by atoms with Gasteiger partial charge in [-0.05, 0) is 48.9 Å². The van der Waals surface area contributed by atoms with Crippen LogP contribution in [0.2, 0.25) is 5.02 Å². The number of benzene rings is 2. The van der Waals surface area contributed by atoms with E-state index in [1.54, 1.807) is 30.8 Å². The summed E-state index contributed by atoms with van der Waals surface area (Å²) in [4.78, 5) is 40.4. The zero-order valence-corrected chi connectivity index (χ0v) is 27.9. The molecule has 13 nitrogen and oxygen atoms in total. The first-order chi connectivity index (χ1) is 24.3. The average molecular weight is 725 g/mol. The number of carbonyl (C=O) groups excluding carboxylic acids is 1. The number of fused-ring (bicyclic) bond motifs is 2. The van der Waals surface area contributed by atoms with Crippen LogP contribution >= 0.6 is 11.6 Å². The lowest BCUT2D eigenvalue weighted by molar-refractivity contribution is -0.137. The molecule has 264 valence electrons. The van der Waals surface area contributed by atoms with E-state index in [0.29, 0.717) is 55.4 Å². The van der Waals surface area contributed by atoms with Crippen molar-refractivity contribution in [2.45, 2.75) is 26.1 Å². The van der Waals surface area contributed by atoms with Crippen molar-refractivity contribution < 1.29 is 27.5 Å². The van der Waals surface area contributed by atoms with E-state index in [0.717, 1.165) is 21.5 Å². The Labute approximate surface area is 291 Å². The normalized spacial score (nSPS) is 13.8. The zero-order valence-electron chi connectivity index (χ0n) is 27.1. The van der Waals surface area contributed by atoms with Gasteiger partial charge in [0.2, 0.25) is 11.7 Å². The van der Waals surface area contributed by atoms with Gasteiger partial charge in [0, 0.05) is 56.6 Å². The van der Waals surface area contributed by atoms with Crippen LogP contribution in [0.1, 0.15) is 18.2 Å². The maximum atomic E-state index is 14.7. The fraction of sp³-hybridized carbons (Fsp3) is 0.273. The Morgan fingerprint density at radius 3 is 2.49 bits per heavy atom. The fourth-order valence-electron chi connectivity index (χ4n) is 6.26. The molecule has 7 rings (SSSR count). The summed E-state index contributed by atoms with van der Waals surface area (Å²) in [5.41, 5.74) is -0.0823. The van der Waals surface area contributed by atoms with Crippen molar-refractivity contribution >= 4 is 51.4 Å². The number of pyridine rings is 1. The maximum absolute atomic E-state index is 14.7. The van der Waals surface area contributed by atoms with E-state index in [2.05, 4.69) is 25.5 Å². The van der Waals surface area contributed by atoms with Gasteiger partial charge in [0.15, 0.2) is 17.4 Å². The molecule has 1 saturated heterocycles. The number of anilines is 3. The first-order valence-corrected chi connectivity index (χ1v) is 16.2. The van der Waals surface area contributed by atoms with Crippen molar-refractivity contribution in [2.75, 3.05) is 41.3 Å². The number of aromatic nitrogens is 7. The topological polar surface area (TPSA) is 139 Å². The van der Waals surface area contributed by atoms with Gasteiger partial charge in [-0.15, -0.1) is 5.10 Å². The van der Waals surface area contributed by atoms with Gasteiger partial charge >= 0.3 is 6.18 Å². The van der Waals surface area contributed by atoms with Gasteiger partial charge in [0.05, 0.1) is 27.5 Å². The number of piperazine rings is 1. The third-order valence-corrected chi connectivity index (χ3v) is 8.97. The number of hydrogen-bond donors (Lipinski definition) is 2. The molecule has 51 heavy (non-hydrogen) atoms. The van der Waals surface area contributed by atoms with E-state index in [1.165, 1.54) is 16.8 Å². The summed E-state index contributed by atoms with van der Waals surface area (Å²) in [5.74, 6) is -1.63. The molecule has 0 radical (unpaired) electrons. The number of nitrogens with zero attached hydrogens (tertiary/aromatic N) is 9. The number of carbonyl (C=O) groups is 1. The van der Waals surface area contributed by atoms with Crippen LogP contribution in [0.5, 0.6) is 5.75 Å². The van der Waals surface area contributed by atoms with Crippen LogP contribution < -0.4 is 20.7 Å². The molecule has 1 fully saturated rings. The Hall–Kier alpha value is -5.71. The van der Waals surface area contributed by atoms with Crippen LogP contribution in [0, 0.1) is 5.82 Å². The highest BCUT2D eigenvalue weighted by Gasteiger charge is 2.32. The second-order valence-electron chi connectivity index (χ2n) is 11.9. The Balaban J connectivity index is 1.29. The van der Waals surface area contributed by atoms with Crippen molar-refractivity contribution in [2.24, 2.45) is 7.05 Å². The summed E-state index contributed by atoms with van der Waals surface area (Å²) in [5, 5.41) is 22.8. The first kappa shape index (κ1) is 33.8. The van der Waals surface area contributed by atoms with Gasteiger partial charge in [0.1, 0.15) is 18.0 Å². The molecule has 0 spiro atoms.